The third-order valence-electron chi connectivity index (χ3n) is 2.63. The summed E-state index contributed by atoms with van der Waals surface area (Å²) in [4.78, 5) is 0. The van der Waals surface area contributed by atoms with Crippen molar-refractivity contribution in [2.24, 2.45) is 0 Å². The summed E-state index contributed by atoms with van der Waals surface area (Å²) in [7, 11) is 1.66. The SMILES string of the molecule is COC[C@@H]1NCCc2c(F)cccc21. The summed E-state index contributed by atoms with van der Waals surface area (Å²) in [5.41, 5.74) is 1.88. The van der Waals surface area contributed by atoms with Gasteiger partial charge in [-0.2, -0.15) is 0 Å². The summed E-state index contributed by atoms with van der Waals surface area (Å²) in [5, 5.41) is 3.31. The maximum atomic E-state index is 13.4. The number of ether oxygens (including phenoxy) is 1. The predicted octanol–water partition coefficient (Wildman–Crippen LogP) is 1.66. The van der Waals surface area contributed by atoms with Gasteiger partial charge in [-0.15, -0.1) is 0 Å². The van der Waals surface area contributed by atoms with E-state index in [2.05, 4.69) is 5.32 Å². The molecule has 14 heavy (non-hydrogen) atoms. The van der Waals surface area contributed by atoms with Gasteiger partial charge in [0.1, 0.15) is 5.82 Å². The minimum Gasteiger partial charge on any atom is -0.383 e. The van der Waals surface area contributed by atoms with Crippen molar-refractivity contribution in [2.75, 3.05) is 20.3 Å². The third-order valence-corrected chi connectivity index (χ3v) is 2.63. The fourth-order valence-electron chi connectivity index (χ4n) is 1.96. The van der Waals surface area contributed by atoms with Crippen molar-refractivity contribution in [3.63, 3.8) is 0 Å². The van der Waals surface area contributed by atoms with E-state index in [1.807, 2.05) is 6.07 Å². The predicted molar refractivity (Wildman–Crippen MR) is 52.7 cm³/mol. The van der Waals surface area contributed by atoms with Crippen LogP contribution in [0.4, 0.5) is 4.39 Å². The Bertz CT molecular complexity index is 327. The van der Waals surface area contributed by atoms with Gasteiger partial charge < -0.3 is 10.1 Å². The third kappa shape index (κ3) is 1.65. The van der Waals surface area contributed by atoms with Crippen LogP contribution in [0, 0.1) is 5.82 Å². The van der Waals surface area contributed by atoms with Crippen LogP contribution >= 0.6 is 0 Å². The van der Waals surface area contributed by atoms with Crippen LogP contribution in [0.15, 0.2) is 18.2 Å². The summed E-state index contributed by atoms with van der Waals surface area (Å²) in [5.74, 6) is -0.0925. The van der Waals surface area contributed by atoms with E-state index >= 15 is 0 Å². The molecule has 0 unspecified atom stereocenters. The first-order valence-electron chi connectivity index (χ1n) is 4.82. The highest BCUT2D eigenvalue weighted by Crippen LogP contribution is 2.24. The molecule has 0 fully saturated rings. The fraction of sp³-hybridized carbons (Fsp3) is 0.455. The number of halogens is 1. The molecule has 0 aromatic heterocycles. The molecule has 1 atom stereocenters. The van der Waals surface area contributed by atoms with E-state index in [4.69, 9.17) is 4.74 Å². The Morgan fingerprint density at radius 1 is 1.57 bits per heavy atom. The van der Waals surface area contributed by atoms with Gasteiger partial charge in [0.2, 0.25) is 0 Å². The summed E-state index contributed by atoms with van der Waals surface area (Å²) in [6, 6.07) is 5.38. The van der Waals surface area contributed by atoms with E-state index in [1.54, 1.807) is 13.2 Å². The minimum atomic E-state index is -0.0925. The molecule has 76 valence electrons. The van der Waals surface area contributed by atoms with Gasteiger partial charge in [0.25, 0.3) is 0 Å². The van der Waals surface area contributed by atoms with Gasteiger partial charge in [-0.1, -0.05) is 12.1 Å². The van der Waals surface area contributed by atoms with Crippen LogP contribution in [-0.4, -0.2) is 20.3 Å². The molecule has 2 rings (SSSR count). The average molecular weight is 195 g/mol. The fourth-order valence-corrected chi connectivity index (χ4v) is 1.96. The lowest BCUT2D eigenvalue weighted by molar-refractivity contribution is 0.164. The molecule has 1 heterocycles. The minimum absolute atomic E-state index is 0.0925. The average Bonchev–Trinajstić information content (AvgIpc) is 2.20. The van der Waals surface area contributed by atoms with Gasteiger partial charge in [-0.3, -0.25) is 0 Å². The molecule has 0 radical (unpaired) electrons. The Morgan fingerprint density at radius 2 is 2.43 bits per heavy atom. The van der Waals surface area contributed by atoms with E-state index in [1.165, 1.54) is 6.07 Å². The molecule has 0 bridgehead atoms. The number of nitrogens with one attached hydrogen (secondary N) is 1. The van der Waals surface area contributed by atoms with Crippen molar-refractivity contribution in [3.05, 3.63) is 35.1 Å². The first kappa shape index (κ1) is 9.62. The normalized spacial score (nSPS) is 20.6. The second-order valence-electron chi connectivity index (χ2n) is 3.52. The first-order chi connectivity index (χ1) is 6.83. The monoisotopic (exact) mass is 195 g/mol. The van der Waals surface area contributed by atoms with Crippen LogP contribution < -0.4 is 5.32 Å². The Hall–Kier alpha value is -0.930. The number of methoxy groups -OCH3 is 1. The zero-order valence-corrected chi connectivity index (χ0v) is 8.22. The van der Waals surface area contributed by atoms with Crippen LogP contribution in [0.1, 0.15) is 17.2 Å². The van der Waals surface area contributed by atoms with Crippen molar-refractivity contribution in [2.45, 2.75) is 12.5 Å². The molecule has 0 saturated heterocycles. The number of rotatable bonds is 2. The molecule has 1 aliphatic rings. The Morgan fingerprint density at radius 3 is 3.21 bits per heavy atom. The van der Waals surface area contributed by atoms with E-state index < -0.39 is 0 Å². The van der Waals surface area contributed by atoms with Gasteiger partial charge in [0.05, 0.1) is 12.6 Å². The zero-order valence-electron chi connectivity index (χ0n) is 8.22. The highest BCUT2D eigenvalue weighted by Gasteiger charge is 2.21. The molecule has 0 spiro atoms. The van der Waals surface area contributed by atoms with E-state index in [0.717, 1.165) is 24.1 Å². The Labute approximate surface area is 83.1 Å². The van der Waals surface area contributed by atoms with Crippen LogP contribution in [0.25, 0.3) is 0 Å². The zero-order chi connectivity index (χ0) is 9.97. The van der Waals surface area contributed by atoms with E-state index in [0.29, 0.717) is 6.61 Å². The van der Waals surface area contributed by atoms with Gasteiger partial charge in [0.15, 0.2) is 0 Å². The van der Waals surface area contributed by atoms with Gasteiger partial charge >= 0.3 is 0 Å². The van der Waals surface area contributed by atoms with Gasteiger partial charge in [0, 0.05) is 7.11 Å². The van der Waals surface area contributed by atoms with Crippen molar-refractivity contribution < 1.29 is 9.13 Å². The molecule has 3 heteroatoms. The molecule has 1 aromatic carbocycles. The van der Waals surface area contributed by atoms with E-state index in [-0.39, 0.29) is 11.9 Å². The molecule has 2 nitrogen and oxygen atoms in total. The van der Waals surface area contributed by atoms with Gasteiger partial charge in [-0.25, -0.2) is 4.39 Å². The molecule has 1 aromatic rings. The molecule has 0 amide bonds. The maximum Gasteiger partial charge on any atom is 0.126 e. The molecule has 0 aliphatic carbocycles. The quantitative estimate of drug-likeness (QED) is 0.775. The molecular weight excluding hydrogens is 181 g/mol. The molecule has 1 aliphatic heterocycles. The summed E-state index contributed by atoms with van der Waals surface area (Å²) >= 11 is 0. The van der Waals surface area contributed by atoms with Crippen LogP contribution in [0.3, 0.4) is 0 Å². The Kier molecular flexibility index (Phi) is 2.79. The summed E-state index contributed by atoms with van der Waals surface area (Å²) in [6.07, 6.45) is 0.766. The Balaban J connectivity index is 2.34. The number of hydrogen-bond acceptors (Lipinski definition) is 2. The maximum absolute atomic E-state index is 13.4. The largest absolute Gasteiger partial charge is 0.383 e. The highest BCUT2D eigenvalue weighted by molar-refractivity contribution is 5.33. The van der Waals surface area contributed by atoms with Crippen molar-refractivity contribution in [1.82, 2.24) is 5.32 Å². The van der Waals surface area contributed by atoms with Crippen LogP contribution in [-0.2, 0) is 11.2 Å². The number of fused-ring (bicyclic) bond motifs is 1. The smallest absolute Gasteiger partial charge is 0.126 e. The van der Waals surface area contributed by atoms with Crippen molar-refractivity contribution >= 4 is 0 Å². The van der Waals surface area contributed by atoms with E-state index in [9.17, 15) is 4.39 Å². The van der Waals surface area contributed by atoms with Crippen molar-refractivity contribution in [3.8, 4) is 0 Å². The number of hydrogen-bond donors (Lipinski definition) is 1. The second kappa shape index (κ2) is 4.07. The second-order valence-corrected chi connectivity index (χ2v) is 3.52. The number of benzene rings is 1. The van der Waals surface area contributed by atoms with Crippen LogP contribution in [0.5, 0.6) is 0 Å². The lowest BCUT2D eigenvalue weighted by atomic mass is 9.94. The van der Waals surface area contributed by atoms with Crippen molar-refractivity contribution in [1.29, 1.82) is 0 Å². The first-order valence-corrected chi connectivity index (χ1v) is 4.82. The summed E-state index contributed by atoms with van der Waals surface area (Å²) in [6.45, 7) is 1.42. The van der Waals surface area contributed by atoms with Gasteiger partial charge in [-0.05, 0) is 30.2 Å². The van der Waals surface area contributed by atoms with Crippen LogP contribution in [0.2, 0.25) is 0 Å². The lowest BCUT2D eigenvalue weighted by Crippen LogP contribution is -2.33. The summed E-state index contributed by atoms with van der Waals surface area (Å²) < 4.78 is 18.5. The molecular formula is C11H14FNO. The lowest BCUT2D eigenvalue weighted by Gasteiger charge is -2.26. The standard InChI is InChI=1S/C11H14FNO/c1-14-7-11-9-3-2-4-10(12)8(9)5-6-13-11/h2-4,11,13H,5-7H2,1H3/t11-/m0/s1. The molecule has 0 saturated carbocycles. The highest BCUT2D eigenvalue weighted by atomic mass is 19.1. The molecule has 1 N–H and O–H groups in total. The topological polar surface area (TPSA) is 21.3 Å².